The summed E-state index contributed by atoms with van der Waals surface area (Å²) in [5.41, 5.74) is 4.34. The monoisotopic (exact) mass is 629 g/mol. The zero-order valence-corrected chi connectivity index (χ0v) is 27.0. The van der Waals surface area contributed by atoms with E-state index in [1.807, 2.05) is 57.2 Å². The molecule has 0 unspecified atom stereocenters. The van der Waals surface area contributed by atoms with Gasteiger partial charge in [-0.2, -0.15) is 0 Å². The smallest absolute Gasteiger partial charge is 0.264 e. The van der Waals surface area contributed by atoms with Crippen molar-refractivity contribution in [2.75, 3.05) is 17.4 Å². The van der Waals surface area contributed by atoms with Gasteiger partial charge in [0.2, 0.25) is 11.8 Å². The van der Waals surface area contributed by atoms with Gasteiger partial charge in [0.15, 0.2) is 0 Å². The Bertz CT molecular complexity index is 1710. The third-order valence-electron chi connectivity index (χ3n) is 7.60. The van der Waals surface area contributed by atoms with Crippen LogP contribution in [0.25, 0.3) is 0 Å². The van der Waals surface area contributed by atoms with Crippen LogP contribution in [0.3, 0.4) is 0 Å². The Morgan fingerprint density at radius 1 is 0.822 bits per heavy atom. The van der Waals surface area contributed by atoms with Crippen molar-refractivity contribution in [3.63, 3.8) is 0 Å². The van der Waals surface area contributed by atoms with E-state index in [0.717, 1.165) is 21.0 Å². The Morgan fingerprint density at radius 3 is 2.09 bits per heavy atom. The van der Waals surface area contributed by atoms with Gasteiger partial charge in [0.1, 0.15) is 18.4 Å². The van der Waals surface area contributed by atoms with Crippen LogP contribution in [-0.4, -0.2) is 44.3 Å². The largest absolute Gasteiger partial charge is 0.354 e. The van der Waals surface area contributed by atoms with E-state index in [-0.39, 0.29) is 23.8 Å². The Balaban J connectivity index is 1.81. The fraction of sp³-hybridized carbons (Fsp3) is 0.278. The third kappa shape index (κ3) is 8.57. The summed E-state index contributed by atoms with van der Waals surface area (Å²) in [6, 6.07) is 25.9. The summed E-state index contributed by atoms with van der Waals surface area (Å²) >= 11 is 0. The first-order chi connectivity index (χ1) is 21.5. The van der Waals surface area contributed by atoms with Crippen LogP contribution in [0.1, 0.15) is 41.2 Å². The minimum atomic E-state index is -4.20. The van der Waals surface area contributed by atoms with Crippen LogP contribution in [0.2, 0.25) is 0 Å². The van der Waals surface area contributed by atoms with Gasteiger partial charge in [0.05, 0.1) is 10.6 Å². The molecular weight excluding hydrogens is 589 g/mol. The van der Waals surface area contributed by atoms with Gasteiger partial charge in [-0.05, 0) is 74.2 Å². The van der Waals surface area contributed by atoms with E-state index in [4.69, 9.17) is 0 Å². The van der Waals surface area contributed by atoms with Crippen molar-refractivity contribution in [3.8, 4) is 0 Å². The molecule has 0 bridgehead atoms. The van der Waals surface area contributed by atoms with E-state index in [1.165, 1.54) is 29.2 Å². The number of rotatable bonds is 13. The molecule has 45 heavy (non-hydrogen) atoms. The van der Waals surface area contributed by atoms with Crippen molar-refractivity contribution in [3.05, 3.63) is 131 Å². The molecule has 1 N–H and O–H groups in total. The van der Waals surface area contributed by atoms with Crippen molar-refractivity contribution in [2.45, 2.75) is 58.0 Å². The van der Waals surface area contributed by atoms with Crippen LogP contribution in [0.15, 0.2) is 102 Å². The van der Waals surface area contributed by atoms with E-state index in [0.29, 0.717) is 29.8 Å². The van der Waals surface area contributed by atoms with Gasteiger partial charge in [-0.1, -0.05) is 84.8 Å². The van der Waals surface area contributed by atoms with E-state index < -0.39 is 34.3 Å². The molecular formula is C36H40FN3O4S. The lowest BCUT2D eigenvalue weighted by Crippen LogP contribution is -2.53. The quantitative estimate of drug-likeness (QED) is 0.193. The fourth-order valence-corrected chi connectivity index (χ4v) is 6.62. The summed E-state index contributed by atoms with van der Waals surface area (Å²) in [5.74, 6) is -1.35. The lowest BCUT2D eigenvalue weighted by atomic mass is 10.0. The number of nitrogens with one attached hydrogen (secondary N) is 1. The molecule has 9 heteroatoms. The minimum Gasteiger partial charge on any atom is -0.354 e. The number of aryl methyl sites for hydroxylation is 3. The highest BCUT2D eigenvalue weighted by atomic mass is 32.2. The number of hydrogen-bond acceptors (Lipinski definition) is 4. The first-order valence-electron chi connectivity index (χ1n) is 15.0. The molecule has 2 amide bonds. The van der Waals surface area contributed by atoms with Crippen LogP contribution in [0.4, 0.5) is 10.1 Å². The Kier molecular flexibility index (Phi) is 11.1. The summed E-state index contributed by atoms with van der Waals surface area (Å²) in [5, 5.41) is 2.92. The molecule has 0 heterocycles. The van der Waals surface area contributed by atoms with Crippen molar-refractivity contribution in [2.24, 2.45) is 0 Å². The minimum absolute atomic E-state index is 0.0263. The molecule has 236 valence electrons. The maximum Gasteiger partial charge on any atom is 0.264 e. The van der Waals surface area contributed by atoms with Crippen LogP contribution >= 0.6 is 0 Å². The van der Waals surface area contributed by atoms with Gasteiger partial charge in [0.25, 0.3) is 10.0 Å². The molecule has 0 fully saturated rings. The normalized spacial score (nSPS) is 11.9. The van der Waals surface area contributed by atoms with Gasteiger partial charge < -0.3 is 10.2 Å². The van der Waals surface area contributed by atoms with E-state index >= 15 is 0 Å². The molecule has 0 aliphatic heterocycles. The molecule has 1 atom stereocenters. The average Bonchev–Trinajstić information content (AvgIpc) is 3.02. The van der Waals surface area contributed by atoms with E-state index in [2.05, 4.69) is 5.32 Å². The molecule has 0 radical (unpaired) electrons. The number of sulfonamides is 1. The summed E-state index contributed by atoms with van der Waals surface area (Å²) in [7, 11) is -4.20. The molecule has 0 aromatic heterocycles. The van der Waals surface area contributed by atoms with Gasteiger partial charge in [-0.3, -0.25) is 13.9 Å². The van der Waals surface area contributed by atoms with E-state index in [1.54, 1.807) is 43.3 Å². The number of amides is 2. The molecule has 4 aromatic rings. The van der Waals surface area contributed by atoms with Crippen molar-refractivity contribution < 1.29 is 22.4 Å². The zero-order chi connectivity index (χ0) is 32.6. The molecule has 4 rings (SSSR count). The van der Waals surface area contributed by atoms with E-state index in [9.17, 15) is 22.4 Å². The Hall–Kier alpha value is -4.50. The SMILES string of the molecule is CCCNC(=O)[C@@H](Cc1ccccc1)N(Cc1ccc(F)cc1)C(=O)CN(c1ccc(C)cc1C)S(=O)(=O)c1ccc(C)cc1. The van der Waals surface area contributed by atoms with Crippen LogP contribution in [0, 0.1) is 26.6 Å². The molecule has 0 aliphatic carbocycles. The molecule has 0 spiro atoms. The molecule has 4 aromatic carbocycles. The van der Waals surface area contributed by atoms with Gasteiger partial charge in [-0.25, -0.2) is 12.8 Å². The van der Waals surface area contributed by atoms with Crippen LogP contribution in [-0.2, 0) is 32.6 Å². The molecule has 0 aliphatic rings. The maximum absolute atomic E-state index is 14.5. The number of halogens is 1. The zero-order valence-electron chi connectivity index (χ0n) is 26.2. The van der Waals surface area contributed by atoms with Crippen LogP contribution < -0.4 is 9.62 Å². The fourth-order valence-electron chi connectivity index (χ4n) is 5.14. The number of nitrogens with zero attached hydrogens (tertiary/aromatic N) is 2. The standard InChI is InChI=1S/C36H40FN3O4S/c1-5-21-38-36(42)34(23-29-9-7-6-8-10-29)39(24-30-14-16-31(37)17-15-30)35(41)25-40(33-20-13-27(3)22-28(33)4)45(43,44)32-18-11-26(2)12-19-32/h6-20,22,34H,5,21,23-25H2,1-4H3,(H,38,42)/t34-/m1/s1. The highest BCUT2D eigenvalue weighted by molar-refractivity contribution is 7.92. The second-order valence-corrected chi connectivity index (χ2v) is 13.1. The second kappa shape index (κ2) is 15.0. The third-order valence-corrected chi connectivity index (χ3v) is 9.37. The van der Waals surface area contributed by atoms with Crippen molar-refractivity contribution in [1.29, 1.82) is 0 Å². The predicted molar refractivity (Wildman–Crippen MR) is 176 cm³/mol. The van der Waals surface area contributed by atoms with Gasteiger partial charge in [0, 0.05) is 19.5 Å². The van der Waals surface area contributed by atoms with Gasteiger partial charge >= 0.3 is 0 Å². The topological polar surface area (TPSA) is 86.8 Å². The Labute approximate surface area is 265 Å². The number of hydrogen-bond donors (Lipinski definition) is 1. The first kappa shape index (κ1) is 33.4. The first-order valence-corrected chi connectivity index (χ1v) is 16.5. The average molecular weight is 630 g/mol. The highest BCUT2D eigenvalue weighted by Gasteiger charge is 2.35. The van der Waals surface area contributed by atoms with Crippen LogP contribution in [0.5, 0.6) is 0 Å². The summed E-state index contributed by atoms with van der Waals surface area (Å²) in [6.45, 7) is 7.36. The number of anilines is 1. The lowest BCUT2D eigenvalue weighted by Gasteiger charge is -2.34. The molecule has 0 saturated carbocycles. The number of carbonyl (C=O) groups excluding carboxylic acids is 2. The van der Waals surface area contributed by atoms with Gasteiger partial charge in [-0.15, -0.1) is 0 Å². The molecule has 7 nitrogen and oxygen atoms in total. The summed E-state index contributed by atoms with van der Waals surface area (Å²) in [4.78, 5) is 29.6. The highest BCUT2D eigenvalue weighted by Crippen LogP contribution is 2.29. The molecule has 0 saturated heterocycles. The number of carbonyl (C=O) groups is 2. The number of benzene rings is 4. The summed E-state index contributed by atoms with van der Waals surface area (Å²) in [6.07, 6.45) is 0.905. The Morgan fingerprint density at radius 2 is 1.47 bits per heavy atom. The summed E-state index contributed by atoms with van der Waals surface area (Å²) < 4.78 is 43.4. The lowest BCUT2D eigenvalue weighted by molar-refractivity contribution is -0.140. The maximum atomic E-state index is 14.5. The predicted octanol–water partition coefficient (Wildman–Crippen LogP) is 6.11. The second-order valence-electron chi connectivity index (χ2n) is 11.3. The van der Waals surface area contributed by atoms with Crippen molar-refractivity contribution >= 4 is 27.5 Å². The van der Waals surface area contributed by atoms with Crippen molar-refractivity contribution in [1.82, 2.24) is 10.2 Å².